The summed E-state index contributed by atoms with van der Waals surface area (Å²) in [6, 6.07) is 0. The van der Waals surface area contributed by atoms with Crippen molar-refractivity contribution in [1.82, 2.24) is 0 Å². The van der Waals surface area contributed by atoms with Gasteiger partial charge in [0.05, 0.1) is 0 Å². The van der Waals surface area contributed by atoms with E-state index in [4.69, 9.17) is 0 Å². The molecular formula is C11H19. The molecule has 1 radical (unpaired) electrons. The summed E-state index contributed by atoms with van der Waals surface area (Å²) >= 11 is 0. The molecule has 0 heterocycles. The molecule has 0 aliphatic heterocycles. The molecule has 1 atom stereocenters. The highest BCUT2D eigenvalue weighted by Gasteiger charge is 2.15. The second-order valence-corrected chi connectivity index (χ2v) is 3.89. The van der Waals surface area contributed by atoms with Gasteiger partial charge in [-0.2, -0.15) is 0 Å². The van der Waals surface area contributed by atoms with Gasteiger partial charge in [-0.25, -0.2) is 0 Å². The van der Waals surface area contributed by atoms with Crippen molar-refractivity contribution in [1.29, 1.82) is 0 Å². The van der Waals surface area contributed by atoms with Gasteiger partial charge in [0.15, 0.2) is 0 Å². The van der Waals surface area contributed by atoms with Gasteiger partial charge in [-0.3, -0.25) is 0 Å². The van der Waals surface area contributed by atoms with Crippen molar-refractivity contribution in [2.24, 2.45) is 11.8 Å². The molecule has 1 aliphatic rings. The smallest absolute Gasteiger partial charge is 0.0317 e. The van der Waals surface area contributed by atoms with Crippen LogP contribution in [-0.2, 0) is 0 Å². The number of hydrogen-bond donors (Lipinski definition) is 0. The third kappa shape index (κ3) is 2.36. The Morgan fingerprint density at radius 1 is 1.64 bits per heavy atom. The second kappa shape index (κ2) is 3.94. The molecule has 0 N–H and O–H groups in total. The maximum atomic E-state index is 3.91. The standard InChI is InChI=1S/C11H19/c1-4-10-5-7-11(8-6-10)9(2)3/h5,9,11H,1,4,6-8H2,2-3H3. The van der Waals surface area contributed by atoms with Crippen LogP contribution in [0, 0.1) is 18.8 Å². The Kier molecular flexibility index (Phi) is 3.16. The average Bonchev–Trinajstić information content (AvgIpc) is 2.05. The molecule has 0 saturated heterocycles. The van der Waals surface area contributed by atoms with E-state index in [0.29, 0.717) is 0 Å². The second-order valence-electron chi connectivity index (χ2n) is 3.89. The predicted octanol–water partition coefficient (Wildman–Crippen LogP) is 3.59. The molecule has 0 aromatic heterocycles. The molecule has 11 heavy (non-hydrogen) atoms. The van der Waals surface area contributed by atoms with Gasteiger partial charge in [0.25, 0.3) is 0 Å². The van der Waals surface area contributed by atoms with E-state index in [1.54, 1.807) is 5.57 Å². The molecule has 0 bridgehead atoms. The van der Waals surface area contributed by atoms with Crippen molar-refractivity contribution >= 4 is 0 Å². The lowest BCUT2D eigenvalue weighted by Crippen LogP contribution is -2.11. The number of hydrogen-bond acceptors (Lipinski definition) is 0. The Morgan fingerprint density at radius 2 is 2.36 bits per heavy atom. The summed E-state index contributed by atoms with van der Waals surface area (Å²) in [7, 11) is 0. The average molecular weight is 151 g/mol. The van der Waals surface area contributed by atoms with E-state index in [2.05, 4.69) is 26.8 Å². The van der Waals surface area contributed by atoms with E-state index in [0.717, 1.165) is 18.3 Å². The molecule has 0 fully saturated rings. The zero-order valence-corrected chi connectivity index (χ0v) is 7.77. The van der Waals surface area contributed by atoms with Crippen LogP contribution in [0.5, 0.6) is 0 Å². The quantitative estimate of drug-likeness (QED) is 0.529. The largest absolute Gasteiger partial charge is 0.0850 e. The van der Waals surface area contributed by atoms with Gasteiger partial charge in [-0.05, 0) is 44.4 Å². The Balaban J connectivity index is 2.41. The Morgan fingerprint density at radius 3 is 2.73 bits per heavy atom. The van der Waals surface area contributed by atoms with E-state index in [9.17, 15) is 0 Å². The van der Waals surface area contributed by atoms with Crippen LogP contribution in [0.25, 0.3) is 0 Å². The fourth-order valence-electron chi connectivity index (χ4n) is 1.74. The molecule has 0 spiro atoms. The van der Waals surface area contributed by atoms with Crippen LogP contribution in [0.3, 0.4) is 0 Å². The first-order valence-electron chi connectivity index (χ1n) is 4.71. The third-order valence-electron chi connectivity index (χ3n) is 2.81. The van der Waals surface area contributed by atoms with E-state index in [1.165, 1.54) is 19.3 Å². The molecule has 1 rings (SSSR count). The van der Waals surface area contributed by atoms with Crippen LogP contribution >= 0.6 is 0 Å². The Hall–Kier alpha value is -0.260. The van der Waals surface area contributed by atoms with Crippen LogP contribution in [0.4, 0.5) is 0 Å². The first kappa shape index (κ1) is 8.83. The molecule has 63 valence electrons. The van der Waals surface area contributed by atoms with E-state index < -0.39 is 0 Å². The van der Waals surface area contributed by atoms with Crippen molar-refractivity contribution in [3.8, 4) is 0 Å². The highest BCUT2D eigenvalue weighted by Crippen LogP contribution is 2.29. The summed E-state index contributed by atoms with van der Waals surface area (Å²) in [4.78, 5) is 0. The van der Waals surface area contributed by atoms with Gasteiger partial charge >= 0.3 is 0 Å². The molecule has 0 aromatic carbocycles. The minimum absolute atomic E-state index is 0.859. The minimum atomic E-state index is 0.859. The highest BCUT2D eigenvalue weighted by atomic mass is 14.2. The van der Waals surface area contributed by atoms with Gasteiger partial charge in [0, 0.05) is 0 Å². The third-order valence-corrected chi connectivity index (χ3v) is 2.81. The summed E-state index contributed by atoms with van der Waals surface area (Å²) in [5, 5.41) is 0. The summed E-state index contributed by atoms with van der Waals surface area (Å²) in [6.07, 6.45) is 7.40. The summed E-state index contributed by atoms with van der Waals surface area (Å²) in [5.41, 5.74) is 1.57. The lowest BCUT2D eigenvalue weighted by molar-refractivity contribution is 0.349. The maximum absolute atomic E-state index is 3.91. The van der Waals surface area contributed by atoms with Crippen molar-refractivity contribution in [3.05, 3.63) is 18.6 Å². The number of rotatable bonds is 2. The molecule has 0 aromatic rings. The normalized spacial score (nSPS) is 25.5. The van der Waals surface area contributed by atoms with Crippen molar-refractivity contribution < 1.29 is 0 Å². The highest BCUT2D eigenvalue weighted by molar-refractivity contribution is 5.07. The van der Waals surface area contributed by atoms with Crippen LogP contribution in [-0.4, -0.2) is 0 Å². The summed E-state index contributed by atoms with van der Waals surface area (Å²) in [6.45, 7) is 8.57. The van der Waals surface area contributed by atoms with Crippen LogP contribution in [0.1, 0.15) is 39.5 Å². The van der Waals surface area contributed by atoms with E-state index in [-0.39, 0.29) is 0 Å². The first-order valence-corrected chi connectivity index (χ1v) is 4.71. The van der Waals surface area contributed by atoms with Gasteiger partial charge in [-0.15, -0.1) is 0 Å². The predicted molar refractivity (Wildman–Crippen MR) is 50.2 cm³/mol. The zero-order chi connectivity index (χ0) is 8.27. The van der Waals surface area contributed by atoms with Crippen molar-refractivity contribution in [2.45, 2.75) is 39.5 Å². The maximum Gasteiger partial charge on any atom is -0.0317 e. The summed E-state index contributed by atoms with van der Waals surface area (Å²) in [5.74, 6) is 1.79. The molecule has 0 amide bonds. The fraction of sp³-hybridized carbons (Fsp3) is 0.727. The molecule has 1 unspecified atom stereocenters. The first-order chi connectivity index (χ1) is 5.24. The van der Waals surface area contributed by atoms with Crippen molar-refractivity contribution in [2.75, 3.05) is 0 Å². The molecule has 0 heteroatoms. The Labute approximate surface area is 70.7 Å². The molecular weight excluding hydrogens is 132 g/mol. The minimum Gasteiger partial charge on any atom is -0.0850 e. The van der Waals surface area contributed by atoms with Gasteiger partial charge in [0.2, 0.25) is 0 Å². The lowest BCUT2D eigenvalue weighted by Gasteiger charge is -2.24. The molecule has 0 saturated carbocycles. The van der Waals surface area contributed by atoms with Gasteiger partial charge in [0.1, 0.15) is 0 Å². The van der Waals surface area contributed by atoms with Crippen LogP contribution < -0.4 is 0 Å². The van der Waals surface area contributed by atoms with E-state index in [1.807, 2.05) is 0 Å². The fourth-order valence-corrected chi connectivity index (χ4v) is 1.74. The monoisotopic (exact) mass is 151 g/mol. The van der Waals surface area contributed by atoms with Crippen LogP contribution in [0.2, 0.25) is 0 Å². The Bertz CT molecular complexity index is 142. The molecule has 0 nitrogen and oxygen atoms in total. The topological polar surface area (TPSA) is 0 Å². The lowest BCUT2D eigenvalue weighted by atomic mass is 9.82. The van der Waals surface area contributed by atoms with Gasteiger partial charge in [-0.1, -0.05) is 25.5 Å². The summed E-state index contributed by atoms with van der Waals surface area (Å²) < 4.78 is 0. The number of allylic oxidation sites excluding steroid dienone is 2. The van der Waals surface area contributed by atoms with Gasteiger partial charge < -0.3 is 0 Å². The van der Waals surface area contributed by atoms with Crippen molar-refractivity contribution in [3.63, 3.8) is 0 Å². The van der Waals surface area contributed by atoms with Crippen LogP contribution in [0.15, 0.2) is 11.6 Å². The SMILES string of the molecule is [CH2]CC1=CCC(C(C)C)CC1. The molecule has 1 aliphatic carbocycles. The van der Waals surface area contributed by atoms with E-state index >= 15 is 0 Å². The zero-order valence-electron chi connectivity index (χ0n) is 7.77.